The van der Waals surface area contributed by atoms with Gasteiger partial charge in [-0.2, -0.15) is 4.58 Å². The van der Waals surface area contributed by atoms with E-state index in [0.29, 0.717) is 0 Å². The van der Waals surface area contributed by atoms with Crippen molar-refractivity contribution in [1.29, 1.82) is 0 Å². The number of allylic oxidation sites excluding steroid dienone is 7. The Balaban J connectivity index is 1.44. The maximum absolute atomic E-state index is 6.74. The predicted octanol–water partition coefficient (Wildman–Crippen LogP) is 9.37. The molecule has 0 aromatic heterocycles. The largest absolute Gasteiger partial charge is 0.457 e. The zero-order chi connectivity index (χ0) is 31.1. The normalized spacial score (nSPS) is 20.6. The number of fused-ring (bicyclic) bond motifs is 2. The minimum Gasteiger partial charge on any atom is -0.457 e. The zero-order valence-corrected chi connectivity index (χ0v) is 27.2. The van der Waals surface area contributed by atoms with Gasteiger partial charge < -0.3 is 15.4 Å². The monoisotopic (exact) mass is 584 g/mol. The number of nitrogens with zero attached hydrogens (tertiary/aromatic N) is 2. The Bertz CT molecular complexity index is 1730. The molecule has 0 spiro atoms. The first-order chi connectivity index (χ1) is 21.2. The van der Waals surface area contributed by atoms with E-state index in [1.54, 1.807) is 0 Å². The van der Waals surface area contributed by atoms with Crippen LogP contribution >= 0.6 is 0 Å². The molecule has 0 bridgehead atoms. The van der Waals surface area contributed by atoms with Gasteiger partial charge in [-0.15, -0.1) is 0 Å². The molecule has 226 valence electrons. The fourth-order valence-corrected chi connectivity index (χ4v) is 7.33. The molecule has 2 aliphatic heterocycles. The van der Waals surface area contributed by atoms with E-state index in [4.69, 9.17) is 10.5 Å². The number of likely N-dealkylation sites (N-methyl/N-ethyl adjacent to an activating group) is 1. The molecule has 4 heteroatoms. The molecule has 0 saturated carbocycles. The number of para-hydroxylation sites is 2. The lowest BCUT2D eigenvalue weighted by Crippen LogP contribution is -2.27. The number of hydrogen-bond acceptors (Lipinski definition) is 3. The summed E-state index contributed by atoms with van der Waals surface area (Å²) in [5, 5.41) is 0. The maximum Gasteiger partial charge on any atom is 0.209 e. The van der Waals surface area contributed by atoms with Gasteiger partial charge in [-0.1, -0.05) is 56.3 Å². The van der Waals surface area contributed by atoms with Crippen LogP contribution in [0.25, 0.3) is 0 Å². The molecular formula is C40H46N3O+. The Hall–Kier alpha value is -4.31. The molecule has 1 aliphatic carbocycles. The third kappa shape index (κ3) is 5.11. The van der Waals surface area contributed by atoms with Gasteiger partial charge in [-0.25, -0.2) is 0 Å². The molecule has 3 aliphatic rings. The average Bonchev–Trinajstić information content (AvgIpc) is 3.38. The molecule has 0 unspecified atom stereocenters. The summed E-state index contributed by atoms with van der Waals surface area (Å²) in [5.41, 5.74) is 17.1. The molecule has 0 atom stereocenters. The number of hydrogen-bond donors (Lipinski definition) is 1. The van der Waals surface area contributed by atoms with Crippen molar-refractivity contribution in [3.63, 3.8) is 0 Å². The van der Waals surface area contributed by atoms with Crippen LogP contribution < -0.4 is 15.4 Å². The van der Waals surface area contributed by atoms with Crippen molar-refractivity contribution in [3.8, 4) is 5.75 Å². The number of nitrogen functional groups attached to an aromatic ring is 1. The van der Waals surface area contributed by atoms with E-state index < -0.39 is 0 Å². The summed E-state index contributed by atoms with van der Waals surface area (Å²) in [6.45, 7) is 15.7. The first-order valence-corrected chi connectivity index (χ1v) is 16.1. The van der Waals surface area contributed by atoms with Crippen molar-refractivity contribution in [2.24, 2.45) is 0 Å². The number of anilines is 2. The summed E-state index contributed by atoms with van der Waals surface area (Å²) >= 11 is 0. The van der Waals surface area contributed by atoms with Crippen LogP contribution in [0.4, 0.5) is 17.1 Å². The molecule has 2 N–H and O–H groups in total. The number of nitrogens with two attached hydrogens (primary N) is 1. The van der Waals surface area contributed by atoms with Gasteiger partial charge in [0.15, 0.2) is 5.71 Å². The van der Waals surface area contributed by atoms with Crippen molar-refractivity contribution < 1.29 is 9.31 Å². The highest BCUT2D eigenvalue weighted by Gasteiger charge is 2.43. The number of ether oxygens (including phenoxy) is 1. The second-order valence-electron chi connectivity index (χ2n) is 13.1. The average molecular weight is 585 g/mol. The summed E-state index contributed by atoms with van der Waals surface area (Å²) < 4.78 is 9.19. The third-order valence-corrected chi connectivity index (χ3v) is 9.69. The molecule has 3 aromatic carbocycles. The Morgan fingerprint density at radius 2 is 1.52 bits per heavy atom. The van der Waals surface area contributed by atoms with Gasteiger partial charge in [0.05, 0.1) is 5.41 Å². The quantitative estimate of drug-likeness (QED) is 0.222. The van der Waals surface area contributed by atoms with E-state index in [1.807, 2.05) is 24.3 Å². The predicted molar refractivity (Wildman–Crippen MR) is 185 cm³/mol. The summed E-state index contributed by atoms with van der Waals surface area (Å²) in [6.07, 6.45) is 12.3. The lowest BCUT2D eigenvalue weighted by molar-refractivity contribution is -0.433. The molecule has 0 amide bonds. The molecule has 2 heterocycles. The SMILES string of the molecule is CCN1/C(=C/C=C2\CCCC(/C=C/C3=[N+](CC)c4ccccc4C3(C)C)=C2Oc2ccc(N)cc2)C(C)(C)c2ccccc21. The van der Waals surface area contributed by atoms with Gasteiger partial charge in [0.25, 0.3) is 0 Å². The molecule has 3 aromatic rings. The van der Waals surface area contributed by atoms with Crippen LogP contribution in [0.5, 0.6) is 5.75 Å². The molecular weight excluding hydrogens is 538 g/mol. The Morgan fingerprint density at radius 1 is 0.818 bits per heavy atom. The lowest BCUT2D eigenvalue weighted by Gasteiger charge is -2.26. The molecule has 0 fully saturated rings. The van der Waals surface area contributed by atoms with Gasteiger partial charge >= 0.3 is 0 Å². The van der Waals surface area contributed by atoms with Crippen molar-refractivity contribution >= 4 is 22.8 Å². The van der Waals surface area contributed by atoms with E-state index in [9.17, 15) is 0 Å². The summed E-state index contributed by atoms with van der Waals surface area (Å²) in [7, 11) is 0. The van der Waals surface area contributed by atoms with E-state index in [-0.39, 0.29) is 10.8 Å². The van der Waals surface area contributed by atoms with Crippen molar-refractivity contribution in [1.82, 2.24) is 0 Å². The summed E-state index contributed by atoms with van der Waals surface area (Å²) in [6, 6.07) is 25.4. The van der Waals surface area contributed by atoms with Crippen LogP contribution in [0.3, 0.4) is 0 Å². The summed E-state index contributed by atoms with van der Waals surface area (Å²) in [4.78, 5) is 2.45. The van der Waals surface area contributed by atoms with Gasteiger partial charge in [0, 0.05) is 46.7 Å². The minimum atomic E-state index is -0.0773. The van der Waals surface area contributed by atoms with Crippen LogP contribution in [0, 0.1) is 0 Å². The minimum absolute atomic E-state index is 0.0773. The van der Waals surface area contributed by atoms with E-state index in [2.05, 4.69) is 124 Å². The van der Waals surface area contributed by atoms with Crippen molar-refractivity contribution in [3.05, 3.63) is 131 Å². The van der Waals surface area contributed by atoms with Gasteiger partial charge in [-0.3, -0.25) is 0 Å². The van der Waals surface area contributed by atoms with Crippen LogP contribution in [-0.2, 0) is 10.8 Å². The van der Waals surface area contributed by atoms with Crippen LogP contribution in [0.2, 0.25) is 0 Å². The van der Waals surface area contributed by atoms with Gasteiger partial charge in [0.2, 0.25) is 5.69 Å². The molecule has 6 rings (SSSR count). The maximum atomic E-state index is 6.74. The fourth-order valence-electron chi connectivity index (χ4n) is 7.33. The van der Waals surface area contributed by atoms with Crippen molar-refractivity contribution in [2.45, 2.75) is 71.6 Å². The highest BCUT2D eigenvalue weighted by molar-refractivity contribution is 6.03. The van der Waals surface area contributed by atoms with E-state index in [1.165, 1.54) is 45.1 Å². The fraction of sp³-hybridized carbons (Fsp3) is 0.325. The van der Waals surface area contributed by atoms with Crippen LogP contribution in [0.15, 0.2) is 120 Å². The molecule has 44 heavy (non-hydrogen) atoms. The van der Waals surface area contributed by atoms with Crippen LogP contribution in [0.1, 0.15) is 71.9 Å². The summed E-state index contributed by atoms with van der Waals surface area (Å²) in [5.74, 6) is 1.77. The second kappa shape index (κ2) is 11.6. The Morgan fingerprint density at radius 3 is 2.25 bits per heavy atom. The zero-order valence-electron chi connectivity index (χ0n) is 27.2. The van der Waals surface area contributed by atoms with E-state index >= 15 is 0 Å². The topological polar surface area (TPSA) is 41.5 Å². The smallest absolute Gasteiger partial charge is 0.209 e. The van der Waals surface area contributed by atoms with Gasteiger partial charge in [-0.05, 0) is 106 Å². The van der Waals surface area contributed by atoms with Crippen molar-refractivity contribution in [2.75, 3.05) is 23.7 Å². The standard InChI is InChI=1S/C40H46N3O/c1-7-42-34-18-11-9-16-32(34)39(3,4)36(42)26-20-28-14-13-15-29(38(28)44-31-24-22-30(41)23-25-31)21-27-37-40(5,6)33-17-10-12-19-35(33)43(37)8-2/h9-12,16-27H,7-8,13-15,41H2,1-6H3/q+1. The molecule has 0 radical (unpaired) electrons. The second-order valence-corrected chi connectivity index (χ2v) is 13.1. The first kappa shape index (κ1) is 29.7. The highest BCUT2D eigenvalue weighted by atomic mass is 16.5. The molecule has 4 nitrogen and oxygen atoms in total. The lowest BCUT2D eigenvalue weighted by atomic mass is 9.81. The van der Waals surface area contributed by atoms with Crippen LogP contribution in [-0.4, -0.2) is 23.4 Å². The Kier molecular flexibility index (Phi) is 7.88. The highest BCUT2D eigenvalue weighted by Crippen LogP contribution is 2.47. The number of benzene rings is 3. The first-order valence-electron chi connectivity index (χ1n) is 16.1. The third-order valence-electron chi connectivity index (χ3n) is 9.69. The molecule has 0 saturated heterocycles. The Labute approximate surface area is 263 Å². The number of rotatable bonds is 7. The van der Waals surface area contributed by atoms with E-state index in [0.717, 1.165) is 49.5 Å². The van der Waals surface area contributed by atoms with Gasteiger partial charge in [0.1, 0.15) is 18.1 Å².